The van der Waals surface area contributed by atoms with E-state index in [0.717, 1.165) is 6.54 Å². The molecule has 1 fully saturated rings. The predicted octanol–water partition coefficient (Wildman–Crippen LogP) is 1.71. The topological polar surface area (TPSA) is 53.6 Å². The van der Waals surface area contributed by atoms with Crippen molar-refractivity contribution in [3.63, 3.8) is 0 Å². The Morgan fingerprint density at radius 1 is 1.33 bits per heavy atom. The summed E-state index contributed by atoms with van der Waals surface area (Å²) in [7, 11) is 1.60. The number of likely N-dealkylation sites (tertiary alicyclic amines) is 1. The second kappa shape index (κ2) is 8.00. The van der Waals surface area contributed by atoms with Gasteiger partial charge in [0.25, 0.3) is 0 Å². The second-order valence-corrected chi connectivity index (χ2v) is 5.54. The first-order valence-corrected chi connectivity index (χ1v) is 7.57. The third-order valence-electron chi connectivity index (χ3n) is 3.72. The number of rotatable bonds is 7. The van der Waals surface area contributed by atoms with Crippen molar-refractivity contribution < 1.29 is 9.53 Å². The van der Waals surface area contributed by atoms with Crippen molar-refractivity contribution in [2.45, 2.75) is 25.8 Å². The molecule has 2 rings (SSSR count). The van der Waals surface area contributed by atoms with E-state index in [1.807, 2.05) is 24.3 Å². The van der Waals surface area contributed by atoms with Crippen molar-refractivity contribution in [3.05, 3.63) is 24.3 Å². The molecule has 1 aromatic rings. The average molecular weight is 291 g/mol. The average Bonchev–Trinajstić information content (AvgIpc) is 2.98. The first-order valence-electron chi connectivity index (χ1n) is 7.57. The highest BCUT2D eigenvalue weighted by atomic mass is 16.5. The minimum atomic E-state index is -0.0484. The van der Waals surface area contributed by atoms with E-state index in [1.54, 1.807) is 7.11 Å². The van der Waals surface area contributed by atoms with Gasteiger partial charge in [-0.05, 0) is 45.0 Å². The number of hydrogen-bond donors (Lipinski definition) is 2. The number of nitrogens with zero attached hydrogens (tertiary/aromatic N) is 1. The molecule has 1 unspecified atom stereocenters. The Balaban J connectivity index is 1.73. The van der Waals surface area contributed by atoms with Crippen molar-refractivity contribution >= 4 is 11.6 Å². The predicted molar refractivity (Wildman–Crippen MR) is 84.8 cm³/mol. The van der Waals surface area contributed by atoms with Crippen LogP contribution in [0.5, 0.6) is 5.75 Å². The summed E-state index contributed by atoms with van der Waals surface area (Å²) in [4.78, 5) is 14.4. The summed E-state index contributed by atoms with van der Waals surface area (Å²) in [6, 6.07) is 7.74. The summed E-state index contributed by atoms with van der Waals surface area (Å²) >= 11 is 0. The Kier molecular flexibility index (Phi) is 6.02. The highest BCUT2D eigenvalue weighted by molar-refractivity contribution is 5.93. The number of para-hydroxylation sites is 2. The van der Waals surface area contributed by atoms with Crippen molar-refractivity contribution in [1.29, 1.82) is 0 Å². The molecule has 5 nitrogen and oxygen atoms in total. The summed E-state index contributed by atoms with van der Waals surface area (Å²) in [6.07, 6.45) is 2.59. The summed E-state index contributed by atoms with van der Waals surface area (Å²) in [5.41, 5.74) is 0.707. The minimum absolute atomic E-state index is 0.0484. The largest absolute Gasteiger partial charge is 0.495 e. The van der Waals surface area contributed by atoms with Crippen LogP contribution in [-0.2, 0) is 4.79 Å². The zero-order chi connectivity index (χ0) is 15.1. The molecule has 1 heterocycles. The number of amides is 1. The molecule has 116 valence electrons. The van der Waals surface area contributed by atoms with Crippen LogP contribution in [0.1, 0.15) is 19.8 Å². The smallest absolute Gasteiger partial charge is 0.238 e. The summed E-state index contributed by atoms with van der Waals surface area (Å²) in [6.45, 7) is 5.79. The quantitative estimate of drug-likeness (QED) is 0.803. The van der Waals surface area contributed by atoms with Gasteiger partial charge in [-0.2, -0.15) is 0 Å². The standard InChI is InChI=1S/C16H25N3O2/c1-13(12-19-9-5-6-10-19)17-11-16(20)18-14-7-3-4-8-15(14)21-2/h3-4,7-8,13,17H,5-6,9-12H2,1-2H3,(H,18,20). The lowest BCUT2D eigenvalue weighted by molar-refractivity contribution is -0.115. The van der Waals surface area contributed by atoms with E-state index in [1.165, 1.54) is 25.9 Å². The van der Waals surface area contributed by atoms with Gasteiger partial charge in [0.1, 0.15) is 5.75 Å². The molecular weight excluding hydrogens is 266 g/mol. The van der Waals surface area contributed by atoms with Gasteiger partial charge in [0.2, 0.25) is 5.91 Å². The van der Waals surface area contributed by atoms with Gasteiger partial charge in [0.15, 0.2) is 0 Å². The van der Waals surface area contributed by atoms with Gasteiger partial charge >= 0.3 is 0 Å². The number of methoxy groups -OCH3 is 1. The first kappa shape index (κ1) is 15.8. The van der Waals surface area contributed by atoms with Crippen molar-refractivity contribution in [2.24, 2.45) is 0 Å². The molecule has 1 aliphatic heterocycles. The van der Waals surface area contributed by atoms with E-state index < -0.39 is 0 Å². The number of carbonyl (C=O) groups is 1. The lowest BCUT2D eigenvalue weighted by Crippen LogP contribution is -2.41. The maximum Gasteiger partial charge on any atom is 0.238 e. The Hall–Kier alpha value is -1.59. The molecule has 21 heavy (non-hydrogen) atoms. The van der Waals surface area contributed by atoms with E-state index >= 15 is 0 Å². The van der Waals surface area contributed by atoms with Crippen LogP contribution in [0.2, 0.25) is 0 Å². The number of anilines is 1. The fraction of sp³-hybridized carbons (Fsp3) is 0.562. The molecule has 1 atom stereocenters. The summed E-state index contributed by atoms with van der Waals surface area (Å²) < 4.78 is 5.22. The van der Waals surface area contributed by atoms with Crippen LogP contribution in [0.15, 0.2) is 24.3 Å². The maximum atomic E-state index is 12.0. The molecule has 0 aliphatic carbocycles. The fourth-order valence-electron chi connectivity index (χ4n) is 2.63. The number of hydrogen-bond acceptors (Lipinski definition) is 4. The van der Waals surface area contributed by atoms with Gasteiger partial charge in [-0.15, -0.1) is 0 Å². The molecule has 1 aliphatic rings. The maximum absolute atomic E-state index is 12.0. The molecule has 0 bridgehead atoms. The van der Waals surface area contributed by atoms with E-state index in [-0.39, 0.29) is 5.91 Å². The van der Waals surface area contributed by atoms with Gasteiger partial charge in [-0.1, -0.05) is 12.1 Å². The Morgan fingerprint density at radius 2 is 2.05 bits per heavy atom. The molecular formula is C16H25N3O2. The van der Waals surface area contributed by atoms with E-state index in [0.29, 0.717) is 24.0 Å². The zero-order valence-electron chi connectivity index (χ0n) is 12.9. The van der Waals surface area contributed by atoms with Gasteiger partial charge in [0, 0.05) is 12.6 Å². The minimum Gasteiger partial charge on any atom is -0.495 e. The highest BCUT2D eigenvalue weighted by Crippen LogP contribution is 2.22. The lowest BCUT2D eigenvalue weighted by atomic mass is 10.3. The van der Waals surface area contributed by atoms with Crippen LogP contribution in [-0.4, -0.2) is 50.1 Å². The first-order chi connectivity index (χ1) is 10.2. The summed E-state index contributed by atoms with van der Waals surface area (Å²) in [5, 5.41) is 6.14. The molecule has 1 amide bonds. The number of benzene rings is 1. The van der Waals surface area contributed by atoms with Crippen LogP contribution < -0.4 is 15.4 Å². The SMILES string of the molecule is COc1ccccc1NC(=O)CNC(C)CN1CCCC1. The van der Waals surface area contributed by atoms with Crippen molar-refractivity contribution in [2.75, 3.05) is 38.6 Å². The lowest BCUT2D eigenvalue weighted by Gasteiger charge is -2.21. The molecule has 1 saturated heterocycles. The van der Waals surface area contributed by atoms with Crippen molar-refractivity contribution in [1.82, 2.24) is 10.2 Å². The van der Waals surface area contributed by atoms with Gasteiger partial charge in [0.05, 0.1) is 19.3 Å². The molecule has 1 aromatic carbocycles. The number of nitrogens with one attached hydrogen (secondary N) is 2. The molecule has 5 heteroatoms. The Bertz CT molecular complexity index is 459. The van der Waals surface area contributed by atoms with Crippen LogP contribution in [0.3, 0.4) is 0 Å². The second-order valence-electron chi connectivity index (χ2n) is 5.54. The summed E-state index contributed by atoms with van der Waals surface area (Å²) in [5.74, 6) is 0.628. The molecule has 0 saturated carbocycles. The zero-order valence-corrected chi connectivity index (χ0v) is 12.9. The fourth-order valence-corrected chi connectivity index (χ4v) is 2.63. The van der Waals surface area contributed by atoms with Gasteiger partial charge in [-0.3, -0.25) is 4.79 Å². The third-order valence-corrected chi connectivity index (χ3v) is 3.72. The van der Waals surface area contributed by atoms with Crippen molar-refractivity contribution in [3.8, 4) is 5.75 Å². The van der Waals surface area contributed by atoms with E-state index in [9.17, 15) is 4.79 Å². The highest BCUT2D eigenvalue weighted by Gasteiger charge is 2.15. The van der Waals surface area contributed by atoms with Gasteiger partial charge in [-0.25, -0.2) is 0 Å². The van der Waals surface area contributed by atoms with Crippen LogP contribution >= 0.6 is 0 Å². The molecule has 2 N–H and O–H groups in total. The molecule has 0 radical (unpaired) electrons. The molecule has 0 aromatic heterocycles. The van der Waals surface area contributed by atoms with Crippen LogP contribution in [0, 0.1) is 0 Å². The third kappa shape index (κ3) is 5.02. The normalized spacial score (nSPS) is 16.7. The Labute approximate surface area is 126 Å². The monoisotopic (exact) mass is 291 g/mol. The van der Waals surface area contributed by atoms with Crippen LogP contribution in [0.4, 0.5) is 5.69 Å². The van der Waals surface area contributed by atoms with Crippen LogP contribution in [0.25, 0.3) is 0 Å². The van der Waals surface area contributed by atoms with E-state index in [2.05, 4.69) is 22.5 Å². The number of carbonyl (C=O) groups excluding carboxylic acids is 1. The Morgan fingerprint density at radius 3 is 2.76 bits per heavy atom. The van der Waals surface area contributed by atoms with E-state index in [4.69, 9.17) is 4.74 Å². The van der Waals surface area contributed by atoms with Gasteiger partial charge < -0.3 is 20.3 Å². The number of ether oxygens (including phenoxy) is 1. The molecule has 0 spiro atoms.